The molecule has 0 bridgehead atoms. The topological polar surface area (TPSA) is 170 Å². The summed E-state index contributed by atoms with van der Waals surface area (Å²) < 4.78 is 10.9. The molecule has 1 amide bonds. The molecule has 2 rings (SSSR count). The van der Waals surface area contributed by atoms with Crippen LogP contribution in [-0.4, -0.2) is 41.6 Å². The number of aliphatic carboxylic acids is 1. The van der Waals surface area contributed by atoms with E-state index in [9.17, 15) is 19.5 Å². The summed E-state index contributed by atoms with van der Waals surface area (Å²) in [5, 5.41) is 12.6. The van der Waals surface area contributed by atoms with E-state index in [1.807, 2.05) is 6.92 Å². The standard InChI is InChI=1S/C21H28N4O6/c1-3-5-13-10-18(26)31-17-11-14(7-8-15(13)17)30-12(2)19(27)25-16(20(28)29)6-4-9-24-21(22)23/h7-8,10-12,16H,3-6,9H2,1-2H3,(H,25,27)(H,28,29)(H4,22,23,24)/t12?,16-/m0/s1. The molecule has 6 N–H and O–H groups in total. The molecule has 31 heavy (non-hydrogen) atoms. The summed E-state index contributed by atoms with van der Waals surface area (Å²) in [6.45, 7) is 3.78. The first-order valence-electron chi connectivity index (χ1n) is 10.0. The third-order valence-electron chi connectivity index (χ3n) is 4.56. The number of amides is 1. The molecule has 0 aliphatic heterocycles. The zero-order valence-corrected chi connectivity index (χ0v) is 17.6. The zero-order valence-electron chi connectivity index (χ0n) is 17.6. The van der Waals surface area contributed by atoms with Gasteiger partial charge in [0.2, 0.25) is 0 Å². The van der Waals surface area contributed by atoms with Crippen LogP contribution in [0.25, 0.3) is 11.0 Å². The Labute approximate surface area is 179 Å². The number of rotatable bonds is 11. The monoisotopic (exact) mass is 432 g/mol. The van der Waals surface area contributed by atoms with Crippen LogP contribution in [0.4, 0.5) is 0 Å². The molecule has 0 saturated carbocycles. The zero-order chi connectivity index (χ0) is 23.0. The predicted octanol–water partition coefficient (Wildman–Crippen LogP) is 1.14. The number of fused-ring (bicyclic) bond motifs is 1. The molecular formula is C21H28N4O6. The van der Waals surface area contributed by atoms with Gasteiger partial charge in [-0.15, -0.1) is 0 Å². The number of benzene rings is 1. The van der Waals surface area contributed by atoms with Gasteiger partial charge in [-0.2, -0.15) is 0 Å². The number of ether oxygens (including phenoxy) is 1. The average molecular weight is 432 g/mol. The molecule has 0 fully saturated rings. The number of nitrogens with two attached hydrogens (primary N) is 2. The van der Waals surface area contributed by atoms with Gasteiger partial charge in [0.25, 0.3) is 5.91 Å². The molecule has 0 radical (unpaired) electrons. The minimum atomic E-state index is -1.17. The van der Waals surface area contributed by atoms with Gasteiger partial charge < -0.3 is 31.0 Å². The van der Waals surface area contributed by atoms with Crippen LogP contribution in [0.2, 0.25) is 0 Å². The van der Waals surface area contributed by atoms with E-state index in [0.29, 0.717) is 17.8 Å². The molecule has 10 nitrogen and oxygen atoms in total. The Bertz CT molecular complexity index is 1010. The van der Waals surface area contributed by atoms with E-state index in [2.05, 4.69) is 10.3 Å². The van der Waals surface area contributed by atoms with Crippen molar-refractivity contribution in [3.63, 3.8) is 0 Å². The Morgan fingerprint density at radius 1 is 1.29 bits per heavy atom. The van der Waals surface area contributed by atoms with Crippen molar-refractivity contribution >= 4 is 28.8 Å². The molecule has 1 heterocycles. The second kappa shape index (κ2) is 11.0. The van der Waals surface area contributed by atoms with Gasteiger partial charge in [0.1, 0.15) is 17.4 Å². The Hall–Kier alpha value is -3.56. The van der Waals surface area contributed by atoms with Crippen LogP contribution in [0, 0.1) is 0 Å². The van der Waals surface area contributed by atoms with Gasteiger partial charge in [-0.05, 0) is 43.9 Å². The molecule has 0 saturated heterocycles. The van der Waals surface area contributed by atoms with Crippen molar-refractivity contribution in [2.75, 3.05) is 6.54 Å². The molecule has 1 aromatic heterocycles. The molecule has 168 valence electrons. The Balaban J connectivity index is 2.05. The summed E-state index contributed by atoms with van der Waals surface area (Å²) in [4.78, 5) is 39.4. The number of guanidine groups is 1. The first-order valence-corrected chi connectivity index (χ1v) is 10.0. The first kappa shape index (κ1) is 23.7. The maximum absolute atomic E-state index is 12.4. The van der Waals surface area contributed by atoms with Crippen LogP contribution in [-0.2, 0) is 16.0 Å². The lowest BCUT2D eigenvalue weighted by atomic mass is 10.1. The summed E-state index contributed by atoms with van der Waals surface area (Å²) in [6.07, 6.45) is 1.19. The van der Waals surface area contributed by atoms with Crippen LogP contribution >= 0.6 is 0 Å². The maximum Gasteiger partial charge on any atom is 0.336 e. The van der Waals surface area contributed by atoms with Crippen molar-refractivity contribution in [2.24, 2.45) is 16.5 Å². The fourth-order valence-electron chi connectivity index (χ4n) is 3.07. The number of carboxylic acid groups (broad SMARTS) is 1. The molecule has 0 aliphatic rings. The van der Waals surface area contributed by atoms with Crippen LogP contribution in [0.15, 0.2) is 38.5 Å². The van der Waals surface area contributed by atoms with Crippen LogP contribution in [0.1, 0.15) is 38.7 Å². The number of nitrogens with zero attached hydrogens (tertiary/aromatic N) is 1. The third-order valence-corrected chi connectivity index (χ3v) is 4.56. The largest absolute Gasteiger partial charge is 0.481 e. The maximum atomic E-state index is 12.4. The smallest absolute Gasteiger partial charge is 0.336 e. The Morgan fingerprint density at radius 3 is 2.68 bits per heavy atom. The minimum Gasteiger partial charge on any atom is -0.481 e. The van der Waals surface area contributed by atoms with Crippen molar-refractivity contribution in [3.8, 4) is 5.75 Å². The molecule has 0 aliphatic carbocycles. The quantitative estimate of drug-likeness (QED) is 0.177. The molecule has 1 aromatic carbocycles. The summed E-state index contributed by atoms with van der Waals surface area (Å²) in [5.74, 6) is -1.51. The summed E-state index contributed by atoms with van der Waals surface area (Å²) in [6, 6.07) is 5.37. The molecular weight excluding hydrogens is 404 g/mol. The highest BCUT2D eigenvalue weighted by molar-refractivity contribution is 5.86. The molecule has 10 heteroatoms. The number of carbonyl (C=O) groups is 2. The SMILES string of the molecule is CCCc1cc(=O)oc2cc(OC(C)C(=O)N[C@@H](CCCN=C(N)N)C(=O)O)ccc12. The number of carbonyl (C=O) groups excluding carboxylic acids is 1. The normalized spacial score (nSPS) is 12.7. The van der Waals surface area contributed by atoms with Crippen molar-refractivity contribution in [1.29, 1.82) is 0 Å². The Kier molecular flexibility index (Phi) is 8.42. The lowest BCUT2D eigenvalue weighted by Crippen LogP contribution is -2.46. The van der Waals surface area contributed by atoms with Gasteiger partial charge in [-0.3, -0.25) is 9.79 Å². The Morgan fingerprint density at radius 2 is 2.03 bits per heavy atom. The van der Waals surface area contributed by atoms with E-state index in [4.69, 9.17) is 20.6 Å². The van der Waals surface area contributed by atoms with Gasteiger partial charge in [0.05, 0.1) is 0 Å². The summed E-state index contributed by atoms with van der Waals surface area (Å²) >= 11 is 0. The molecule has 1 unspecified atom stereocenters. The van der Waals surface area contributed by atoms with Gasteiger partial charge in [0.15, 0.2) is 12.1 Å². The number of hydrogen-bond acceptors (Lipinski definition) is 6. The molecule has 2 atom stereocenters. The minimum absolute atomic E-state index is 0.0778. The number of nitrogens with one attached hydrogen (secondary N) is 1. The number of hydrogen-bond donors (Lipinski definition) is 4. The lowest BCUT2D eigenvalue weighted by molar-refractivity contribution is -0.143. The fourth-order valence-corrected chi connectivity index (χ4v) is 3.07. The van der Waals surface area contributed by atoms with E-state index < -0.39 is 29.6 Å². The van der Waals surface area contributed by atoms with Crippen molar-refractivity contribution in [1.82, 2.24) is 5.32 Å². The second-order valence-corrected chi connectivity index (χ2v) is 7.11. The molecule has 2 aromatic rings. The van der Waals surface area contributed by atoms with Crippen LogP contribution < -0.4 is 27.1 Å². The second-order valence-electron chi connectivity index (χ2n) is 7.11. The van der Waals surface area contributed by atoms with Crippen molar-refractivity contribution in [2.45, 2.75) is 51.7 Å². The van der Waals surface area contributed by atoms with Gasteiger partial charge in [-0.25, -0.2) is 9.59 Å². The lowest BCUT2D eigenvalue weighted by Gasteiger charge is -2.19. The van der Waals surface area contributed by atoms with E-state index >= 15 is 0 Å². The van der Waals surface area contributed by atoms with Gasteiger partial charge in [-0.1, -0.05) is 13.3 Å². The third kappa shape index (κ3) is 7.02. The first-order chi connectivity index (χ1) is 14.7. The number of carboxylic acids is 1. The number of aliphatic imine (C=N–C) groups is 1. The van der Waals surface area contributed by atoms with E-state index in [1.54, 1.807) is 18.2 Å². The predicted molar refractivity (Wildman–Crippen MR) is 116 cm³/mol. The highest BCUT2D eigenvalue weighted by atomic mass is 16.5. The van der Waals surface area contributed by atoms with Crippen LogP contribution in [0.5, 0.6) is 5.75 Å². The summed E-state index contributed by atoms with van der Waals surface area (Å²) in [7, 11) is 0. The van der Waals surface area contributed by atoms with Crippen LogP contribution in [0.3, 0.4) is 0 Å². The molecule has 0 spiro atoms. The average Bonchev–Trinajstić information content (AvgIpc) is 2.69. The van der Waals surface area contributed by atoms with E-state index in [1.165, 1.54) is 13.0 Å². The fraction of sp³-hybridized carbons (Fsp3) is 0.429. The van der Waals surface area contributed by atoms with Crippen molar-refractivity contribution < 1.29 is 23.8 Å². The van der Waals surface area contributed by atoms with Gasteiger partial charge in [0, 0.05) is 24.1 Å². The summed E-state index contributed by atoms with van der Waals surface area (Å²) in [5.41, 5.74) is 11.3. The highest BCUT2D eigenvalue weighted by Gasteiger charge is 2.23. The highest BCUT2D eigenvalue weighted by Crippen LogP contribution is 2.24. The van der Waals surface area contributed by atoms with Crippen molar-refractivity contribution in [3.05, 3.63) is 40.2 Å². The van der Waals surface area contributed by atoms with E-state index in [0.717, 1.165) is 23.8 Å². The van der Waals surface area contributed by atoms with E-state index in [-0.39, 0.29) is 18.9 Å². The van der Waals surface area contributed by atoms with Gasteiger partial charge >= 0.3 is 11.6 Å². The number of aryl methyl sites for hydroxylation is 1.